The van der Waals surface area contributed by atoms with E-state index < -0.39 is 0 Å². The normalized spacial score (nSPS) is 20.2. The van der Waals surface area contributed by atoms with Gasteiger partial charge < -0.3 is 25.0 Å². The van der Waals surface area contributed by atoms with Crippen molar-refractivity contribution >= 4 is 23.2 Å². The highest BCUT2D eigenvalue weighted by Gasteiger charge is 2.31. The maximum atomic E-state index is 13.2. The molecule has 2 aromatic rings. The minimum absolute atomic E-state index is 0.0456. The van der Waals surface area contributed by atoms with Crippen LogP contribution in [-0.2, 0) is 4.79 Å². The van der Waals surface area contributed by atoms with Gasteiger partial charge in [0.1, 0.15) is 0 Å². The number of amides is 2. The molecule has 0 radical (unpaired) electrons. The predicted molar refractivity (Wildman–Crippen MR) is 129 cm³/mol. The summed E-state index contributed by atoms with van der Waals surface area (Å²) in [6.45, 7) is 7.13. The van der Waals surface area contributed by atoms with Gasteiger partial charge in [0.15, 0.2) is 0 Å². The van der Waals surface area contributed by atoms with E-state index in [9.17, 15) is 9.59 Å². The summed E-state index contributed by atoms with van der Waals surface area (Å²) in [5.74, 6) is 0.685. The maximum Gasteiger partial charge on any atom is 0.254 e. The van der Waals surface area contributed by atoms with Gasteiger partial charge in [0.2, 0.25) is 5.91 Å². The summed E-state index contributed by atoms with van der Waals surface area (Å²) in [6, 6.07) is 5.83. The molecule has 3 aliphatic rings. The molecule has 1 aliphatic carbocycles. The SMILES string of the molecule is Cc1[nH]cnc1C1CCN(c2ccc(C(=O)N3CCN(C)CC3)cc2NC(=O)C2CC2)CC1. The van der Waals surface area contributed by atoms with Gasteiger partial charge in [-0.2, -0.15) is 0 Å². The van der Waals surface area contributed by atoms with Crippen LogP contribution in [0.25, 0.3) is 0 Å². The number of carbonyl (C=O) groups excluding carboxylic acids is 2. The number of benzene rings is 1. The molecule has 2 amide bonds. The Morgan fingerprint density at radius 3 is 2.39 bits per heavy atom. The van der Waals surface area contributed by atoms with Gasteiger partial charge in [0, 0.05) is 62.4 Å². The highest BCUT2D eigenvalue weighted by atomic mass is 16.2. The number of aromatic amines is 1. The zero-order valence-electron chi connectivity index (χ0n) is 19.6. The summed E-state index contributed by atoms with van der Waals surface area (Å²) in [4.78, 5) is 40.0. The van der Waals surface area contributed by atoms with Crippen LogP contribution in [0.2, 0.25) is 0 Å². The number of aromatic nitrogens is 2. The molecule has 1 aromatic carbocycles. The second-order valence-electron chi connectivity index (χ2n) is 9.77. The van der Waals surface area contributed by atoms with Gasteiger partial charge in [-0.3, -0.25) is 9.59 Å². The lowest BCUT2D eigenvalue weighted by molar-refractivity contribution is -0.117. The lowest BCUT2D eigenvalue weighted by Gasteiger charge is -2.35. The minimum atomic E-state index is 0.0456. The molecule has 0 spiro atoms. The van der Waals surface area contributed by atoms with Gasteiger partial charge in [-0.25, -0.2) is 4.98 Å². The maximum absolute atomic E-state index is 13.2. The number of piperazine rings is 1. The van der Waals surface area contributed by atoms with Crippen molar-refractivity contribution in [1.29, 1.82) is 0 Å². The Kier molecular flexibility index (Phi) is 6.10. The molecule has 2 aliphatic heterocycles. The predicted octanol–water partition coefficient (Wildman–Crippen LogP) is 2.84. The molecule has 1 aromatic heterocycles. The second-order valence-corrected chi connectivity index (χ2v) is 9.77. The van der Waals surface area contributed by atoms with Crippen LogP contribution in [0.15, 0.2) is 24.5 Å². The van der Waals surface area contributed by atoms with Gasteiger partial charge in [0.25, 0.3) is 5.91 Å². The highest BCUT2D eigenvalue weighted by Crippen LogP contribution is 2.36. The Bertz CT molecular complexity index is 1010. The van der Waals surface area contributed by atoms with E-state index in [1.54, 1.807) is 6.33 Å². The molecule has 176 valence electrons. The fraction of sp³-hybridized carbons (Fsp3) is 0.560. The van der Waals surface area contributed by atoms with Crippen molar-refractivity contribution in [1.82, 2.24) is 19.8 Å². The fourth-order valence-corrected chi connectivity index (χ4v) is 4.99. The van der Waals surface area contributed by atoms with Crippen LogP contribution in [0.5, 0.6) is 0 Å². The fourth-order valence-electron chi connectivity index (χ4n) is 4.99. The largest absolute Gasteiger partial charge is 0.370 e. The lowest BCUT2D eigenvalue weighted by atomic mass is 9.92. The van der Waals surface area contributed by atoms with Crippen molar-refractivity contribution in [3.05, 3.63) is 41.5 Å². The van der Waals surface area contributed by atoms with E-state index >= 15 is 0 Å². The summed E-state index contributed by atoms with van der Waals surface area (Å²) in [7, 11) is 2.08. The van der Waals surface area contributed by atoms with E-state index in [2.05, 4.69) is 39.1 Å². The zero-order valence-corrected chi connectivity index (χ0v) is 19.6. The first-order chi connectivity index (χ1) is 16.0. The summed E-state index contributed by atoms with van der Waals surface area (Å²) < 4.78 is 0. The van der Waals surface area contributed by atoms with Crippen molar-refractivity contribution in [3.8, 4) is 0 Å². The molecule has 8 heteroatoms. The number of aryl methyl sites for hydroxylation is 1. The van der Waals surface area contributed by atoms with Crippen LogP contribution in [0.1, 0.15) is 53.3 Å². The summed E-state index contributed by atoms with van der Waals surface area (Å²) in [6.07, 6.45) is 5.72. The van der Waals surface area contributed by atoms with Gasteiger partial charge in [-0.05, 0) is 57.9 Å². The average molecular weight is 451 g/mol. The van der Waals surface area contributed by atoms with Crippen LogP contribution in [-0.4, -0.2) is 77.9 Å². The van der Waals surface area contributed by atoms with Crippen LogP contribution < -0.4 is 10.2 Å². The Labute approximate surface area is 195 Å². The summed E-state index contributed by atoms with van der Waals surface area (Å²) in [5, 5.41) is 3.15. The van der Waals surface area contributed by atoms with Gasteiger partial charge in [0.05, 0.1) is 23.4 Å². The first-order valence-corrected chi connectivity index (χ1v) is 12.2. The number of nitrogens with zero attached hydrogens (tertiary/aromatic N) is 4. The van der Waals surface area contributed by atoms with Gasteiger partial charge in [-0.1, -0.05) is 0 Å². The quantitative estimate of drug-likeness (QED) is 0.732. The summed E-state index contributed by atoms with van der Waals surface area (Å²) >= 11 is 0. The molecule has 2 saturated heterocycles. The van der Waals surface area contributed by atoms with Crippen LogP contribution in [0.3, 0.4) is 0 Å². The average Bonchev–Trinajstić information content (AvgIpc) is 3.60. The van der Waals surface area contributed by atoms with E-state index in [1.807, 2.05) is 23.1 Å². The standard InChI is InChI=1S/C25H34N6O2/c1-17-23(27-16-26-17)18-7-9-30(10-8-18)22-6-5-20(15-21(22)28-24(32)19-3-4-19)25(33)31-13-11-29(2)12-14-31/h5-6,15-16,18-19H,3-4,7-14H2,1-2H3,(H,26,27)(H,28,32). The third-order valence-corrected chi connectivity index (χ3v) is 7.33. The van der Waals surface area contributed by atoms with E-state index in [4.69, 9.17) is 0 Å². The molecule has 0 bridgehead atoms. The van der Waals surface area contributed by atoms with Crippen LogP contribution in [0.4, 0.5) is 11.4 Å². The Morgan fingerprint density at radius 1 is 1.03 bits per heavy atom. The zero-order chi connectivity index (χ0) is 22.9. The Morgan fingerprint density at radius 2 is 1.76 bits per heavy atom. The molecule has 33 heavy (non-hydrogen) atoms. The van der Waals surface area contributed by atoms with Crippen LogP contribution in [0, 0.1) is 12.8 Å². The number of nitrogens with one attached hydrogen (secondary N) is 2. The summed E-state index contributed by atoms with van der Waals surface area (Å²) in [5.41, 5.74) is 4.75. The van der Waals surface area contributed by atoms with E-state index in [-0.39, 0.29) is 17.7 Å². The van der Waals surface area contributed by atoms with Crippen molar-refractivity contribution < 1.29 is 9.59 Å². The van der Waals surface area contributed by atoms with Gasteiger partial charge in [-0.15, -0.1) is 0 Å². The lowest BCUT2D eigenvalue weighted by Crippen LogP contribution is -2.47. The van der Waals surface area contributed by atoms with Gasteiger partial charge >= 0.3 is 0 Å². The van der Waals surface area contributed by atoms with E-state index in [0.717, 1.165) is 82.0 Å². The van der Waals surface area contributed by atoms with E-state index in [0.29, 0.717) is 11.5 Å². The topological polar surface area (TPSA) is 84.6 Å². The number of likely N-dealkylation sites (N-methyl/N-ethyl adjacent to an activating group) is 1. The van der Waals surface area contributed by atoms with Crippen molar-refractivity contribution in [3.63, 3.8) is 0 Å². The molecule has 3 fully saturated rings. The second kappa shape index (κ2) is 9.17. The van der Waals surface area contributed by atoms with Crippen LogP contribution >= 0.6 is 0 Å². The van der Waals surface area contributed by atoms with E-state index in [1.165, 1.54) is 5.69 Å². The Balaban J connectivity index is 1.34. The molecule has 5 rings (SSSR count). The first-order valence-electron chi connectivity index (χ1n) is 12.2. The minimum Gasteiger partial charge on any atom is -0.370 e. The third-order valence-electron chi connectivity index (χ3n) is 7.33. The monoisotopic (exact) mass is 450 g/mol. The number of rotatable bonds is 5. The number of imidazole rings is 1. The molecular weight excluding hydrogens is 416 g/mol. The Hall–Kier alpha value is -2.87. The highest BCUT2D eigenvalue weighted by molar-refractivity contribution is 6.01. The van der Waals surface area contributed by atoms with Crippen molar-refractivity contribution in [2.24, 2.45) is 5.92 Å². The smallest absolute Gasteiger partial charge is 0.254 e. The van der Waals surface area contributed by atoms with Crippen molar-refractivity contribution in [2.75, 3.05) is 56.5 Å². The molecule has 0 unspecified atom stereocenters. The molecule has 0 atom stereocenters. The third kappa shape index (κ3) is 4.76. The number of hydrogen-bond acceptors (Lipinski definition) is 5. The first kappa shape index (κ1) is 21.9. The molecule has 3 heterocycles. The number of carbonyl (C=O) groups is 2. The number of hydrogen-bond donors (Lipinski definition) is 2. The van der Waals surface area contributed by atoms with Crippen molar-refractivity contribution in [2.45, 2.75) is 38.5 Å². The number of anilines is 2. The molecule has 2 N–H and O–H groups in total. The molecule has 8 nitrogen and oxygen atoms in total. The number of H-pyrrole nitrogens is 1. The molecular formula is C25H34N6O2. The molecule has 1 saturated carbocycles. The number of piperidine rings is 1.